The summed E-state index contributed by atoms with van der Waals surface area (Å²) in [5.41, 5.74) is 0.374. The molecule has 0 unspecified atom stereocenters. The molecule has 0 radical (unpaired) electrons. The van der Waals surface area contributed by atoms with Crippen molar-refractivity contribution in [1.29, 1.82) is 0 Å². The number of rotatable bonds is 3. The quantitative estimate of drug-likeness (QED) is 0.604. The highest BCUT2D eigenvalue weighted by Crippen LogP contribution is 2.18. The van der Waals surface area contributed by atoms with Crippen molar-refractivity contribution >= 4 is 22.2 Å². The first-order valence-corrected chi connectivity index (χ1v) is 4.36. The standard InChI is InChI=1S/C9H6BrFO2/c10-3-4-13-9-5-7(6-12)1-2-8(9)11/h1-6H/b4-3+. The van der Waals surface area contributed by atoms with Crippen LogP contribution in [0.2, 0.25) is 0 Å². The molecule has 0 N–H and O–H groups in total. The summed E-state index contributed by atoms with van der Waals surface area (Å²) >= 11 is 2.97. The first-order valence-electron chi connectivity index (χ1n) is 3.44. The molecule has 4 heteroatoms. The molecule has 0 atom stereocenters. The lowest BCUT2D eigenvalue weighted by Gasteiger charge is -2.01. The van der Waals surface area contributed by atoms with E-state index in [9.17, 15) is 9.18 Å². The molecule has 1 aromatic carbocycles. The van der Waals surface area contributed by atoms with E-state index in [1.54, 1.807) is 0 Å². The fourth-order valence-electron chi connectivity index (χ4n) is 0.783. The first kappa shape index (κ1) is 9.92. The van der Waals surface area contributed by atoms with Gasteiger partial charge in [0.2, 0.25) is 0 Å². The predicted molar refractivity (Wildman–Crippen MR) is 50.5 cm³/mol. The smallest absolute Gasteiger partial charge is 0.165 e. The topological polar surface area (TPSA) is 26.3 Å². The van der Waals surface area contributed by atoms with Crippen LogP contribution in [0.1, 0.15) is 10.4 Å². The molecule has 1 rings (SSSR count). The molecule has 0 spiro atoms. The Hall–Kier alpha value is -1.16. The van der Waals surface area contributed by atoms with Crippen molar-refractivity contribution in [1.82, 2.24) is 0 Å². The van der Waals surface area contributed by atoms with Gasteiger partial charge in [-0.2, -0.15) is 0 Å². The third-order valence-corrected chi connectivity index (χ3v) is 1.55. The van der Waals surface area contributed by atoms with Crippen molar-refractivity contribution in [2.75, 3.05) is 0 Å². The molecular weight excluding hydrogens is 239 g/mol. The van der Waals surface area contributed by atoms with Crippen LogP contribution in [0.5, 0.6) is 5.75 Å². The molecule has 0 heterocycles. The van der Waals surface area contributed by atoms with E-state index in [-0.39, 0.29) is 5.75 Å². The minimum absolute atomic E-state index is 0.0281. The summed E-state index contributed by atoms with van der Waals surface area (Å²) in [7, 11) is 0. The predicted octanol–water partition coefficient (Wildman–Crippen LogP) is 2.88. The number of carbonyl (C=O) groups excluding carboxylic acids is 1. The molecule has 2 nitrogen and oxygen atoms in total. The highest BCUT2D eigenvalue weighted by molar-refractivity contribution is 9.11. The Morgan fingerprint density at radius 3 is 2.85 bits per heavy atom. The van der Waals surface area contributed by atoms with Crippen LogP contribution < -0.4 is 4.74 Å². The summed E-state index contributed by atoms with van der Waals surface area (Å²) in [5.74, 6) is -0.475. The molecule has 68 valence electrons. The monoisotopic (exact) mass is 244 g/mol. The lowest BCUT2D eigenvalue weighted by atomic mass is 10.2. The fraction of sp³-hybridized carbons (Fsp3) is 0. The van der Waals surface area contributed by atoms with Gasteiger partial charge < -0.3 is 4.74 Å². The summed E-state index contributed by atoms with van der Waals surface area (Å²) in [5, 5.41) is 0. The maximum Gasteiger partial charge on any atom is 0.165 e. The van der Waals surface area contributed by atoms with Crippen molar-refractivity contribution in [2.45, 2.75) is 0 Å². The van der Waals surface area contributed by atoms with Gasteiger partial charge >= 0.3 is 0 Å². The van der Waals surface area contributed by atoms with Crippen LogP contribution in [0.4, 0.5) is 4.39 Å². The van der Waals surface area contributed by atoms with Crippen molar-refractivity contribution in [3.8, 4) is 5.75 Å². The molecule has 0 aliphatic carbocycles. The number of carbonyl (C=O) groups is 1. The molecule has 0 bridgehead atoms. The molecule has 0 amide bonds. The summed E-state index contributed by atoms with van der Waals surface area (Å²) in [6, 6.07) is 3.89. The van der Waals surface area contributed by atoms with Gasteiger partial charge in [-0.25, -0.2) is 4.39 Å². The Balaban J connectivity index is 2.96. The van der Waals surface area contributed by atoms with Crippen LogP contribution in [0.25, 0.3) is 0 Å². The minimum atomic E-state index is -0.504. The summed E-state index contributed by atoms with van der Waals surface area (Å²) < 4.78 is 17.8. The largest absolute Gasteiger partial charge is 0.461 e. The molecule has 0 saturated heterocycles. The third kappa shape index (κ3) is 2.66. The van der Waals surface area contributed by atoms with E-state index < -0.39 is 5.82 Å². The zero-order valence-electron chi connectivity index (χ0n) is 6.54. The van der Waals surface area contributed by atoms with Crippen molar-refractivity contribution in [3.63, 3.8) is 0 Å². The SMILES string of the molecule is O=Cc1ccc(F)c(O/C=C/Br)c1. The lowest BCUT2D eigenvalue weighted by molar-refractivity contribution is 0.112. The van der Waals surface area contributed by atoms with Crippen LogP contribution in [0.3, 0.4) is 0 Å². The highest BCUT2D eigenvalue weighted by atomic mass is 79.9. The van der Waals surface area contributed by atoms with Gasteiger partial charge in [-0.05, 0) is 18.2 Å². The van der Waals surface area contributed by atoms with E-state index in [1.165, 1.54) is 29.4 Å². The third-order valence-electron chi connectivity index (χ3n) is 1.34. The number of ether oxygens (including phenoxy) is 1. The maximum atomic E-state index is 12.9. The van der Waals surface area contributed by atoms with Gasteiger partial charge in [0.05, 0.1) is 6.26 Å². The molecule has 13 heavy (non-hydrogen) atoms. The number of aldehydes is 1. The van der Waals surface area contributed by atoms with E-state index in [2.05, 4.69) is 15.9 Å². The summed E-state index contributed by atoms with van der Waals surface area (Å²) in [4.78, 5) is 11.8. The van der Waals surface area contributed by atoms with Crippen molar-refractivity contribution < 1.29 is 13.9 Å². The van der Waals surface area contributed by atoms with Crippen molar-refractivity contribution in [2.24, 2.45) is 0 Å². The average Bonchev–Trinajstić information content (AvgIpc) is 2.17. The van der Waals surface area contributed by atoms with Gasteiger partial charge in [-0.3, -0.25) is 4.79 Å². The fourth-order valence-corrected chi connectivity index (χ4v) is 0.891. The van der Waals surface area contributed by atoms with Gasteiger partial charge in [-0.1, -0.05) is 15.9 Å². The Labute approximate surface area is 83.1 Å². The van der Waals surface area contributed by atoms with Crippen LogP contribution in [-0.2, 0) is 0 Å². The van der Waals surface area contributed by atoms with Gasteiger partial charge in [0.25, 0.3) is 0 Å². The molecule has 0 saturated carbocycles. The van der Waals surface area contributed by atoms with Gasteiger partial charge in [0.15, 0.2) is 11.6 Å². The maximum absolute atomic E-state index is 12.9. The molecule has 0 fully saturated rings. The Kier molecular flexibility index (Phi) is 3.64. The van der Waals surface area contributed by atoms with Crippen LogP contribution >= 0.6 is 15.9 Å². The van der Waals surface area contributed by atoms with E-state index in [0.717, 1.165) is 0 Å². The second-order valence-electron chi connectivity index (χ2n) is 2.19. The van der Waals surface area contributed by atoms with Gasteiger partial charge in [-0.15, -0.1) is 0 Å². The van der Waals surface area contributed by atoms with Gasteiger partial charge in [0, 0.05) is 10.5 Å². The lowest BCUT2D eigenvalue weighted by Crippen LogP contribution is -1.89. The van der Waals surface area contributed by atoms with Crippen molar-refractivity contribution in [3.05, 3.63) is 40.8 Å². The molecular formula is C9H6BrFO2. The second-order valence-corrected chi connectivity index (χ2v) is 2.72. The molecule has 0 aromatic heterocycles. The minimum Gasteiger partial charge on any atom is -0.461 e. The second kappa shape index (κ2) is 4.77. The number of halogens is 2. The molecule has 0 aliphatic heterocycles. The Morgan fingerprint density at radius 1 is 1.46 bits per heavy atom. The zero-order valence-corrected chi connectivity index (χ0v) is 8.12. The first-order chi connectivity index (χ1) is 6.27. The normalized spacial score (nSPS) is 10.3. The summed E-state index contributed by atoms with van der Waals surface area (Å²) in [6.07, 6.45) is 1.90. The Bertz CT molecular complexity index is 336. The van der Waals surface area contributed by atoms with E-state index in [0.29, 0.717) is 11.8 Å². The van der Waals surface area contributed by atoms with Crippen LogP contribution in [0.15, 0.2) is 29.4 Å². The number of hydrogen-bond acceptors (Lipinski definition) is 2. The van der Waals surface area contributed by atoms with Crippen LogP contribution in [-0.4, -0.2) is 6.29 Å². The zero-order chi connectivity index (χ0) is 9.68. The average molecular weight is 245 g/mol. The van der Waals surface area contributed by atoms with Crippen LogP contribution in [0, 0.1) is 5.82 Å². The van der Waals surface area contributed by atoms with E-state index >= 15 is 0 Å². The summed E-state index contributed by atoms with van der Waals surface area (Å²) in [6.45, 7) is 0. The highest BCUT2D eigenvalue weighted by Gasteiger charge is 2.02. The van der Waals surface area contributed by atoms with Gasteiger partial charge in [0.1, 0.15) is 6.29 Å². The van der Waals surface area contributed by atoms with E-state index in [1.807, 2.05) is 0 Å². The Morgan fingerprint density at radius 2 is 2.23 bits per heavy atom. The number of benzene rings is 1. The molecule has 1 aromatic rings. The number of hydrogen-bond donors (Lipinski definition) is 0. The van der Waals surface area contributed by atoms with E-state index in [4.69, 9.17) is 4.74 Å². The molecule has 0 aliphatic rings.